The number of hydrogen-bond acceptors (Lipinski definition) is 4. The molecule has 2 aromatic heterocycles. The van der Waals surface area contributed by atoms with Crippen LogP contribution in [0, 0.1) is 0 Å². The van der Waals surface area contributed by atoms with Crippen LogP contribution >= 0.6 is 11.8 Å². The Labute approximate surface area is 114 Å². The molecule has 0 atom stereocenters. The maximum Gasteiger partial charge on any atom is 0.284 e. The van der Waals surface area contributed by atoms with E-state index in [-0.39, 0.29) is 5.75 Å². The number of nitrogens with one attached hydrogen (secondary N) is 1. The fourth-order valence-electron chi connectivity index (χ4n) is 1.60. The molecule has 0 aliphatic rings. The lowest BCUT2D eigenvalue weighted by Gasteiger charge is -2.03. The average Bonchev–Trinajstić information content (AvgIpc) is 2.97. The monoisotopic (exact) mass is 287 g/mol. The van der Waals surface area contributed by atoms with Gasteiger partial charge in [0.15, 0.2) is 0 Å². The van der Waals surface area contributed by atoms with E-state index in [1.807, 2.05) is 17.8 Å². The number of nitrogens with zero attached hydrogens (tertiary/aromatic N) is 2. The number of hydrogen-bond donors (Lipinski definition) is 1. The first-order valence-electron chi connectivity index (χ1n) is 5.79. The maximum absolute atomic E-state index is 12.0. The number of imidazole rings is 1. The van der Waals surface area contributed by atoms with E-state index in [1.54, 1.807) is 18.3 Å². The third-order valence-corrected chi connectivity index (χ3v) is 3.28. The fraction of sp³-hybridized carbons (Fsp3) is 0.417. The molecule has 0 bridgehead atoms. The summed E-state index contributed by atoms with van der Waals surface area (Å²) >= 11 is 0.561. The molecular formula is C12H15F2N3OS. The summed E-state index contributed by atoms with van der Waals surface area (Å²) in [5, 5.41) is 3.19. The largest absolute Gasteiger partial charge is 0.464 e. The molecule has 2 rings (SSSR count). The molecule has 0 aliphatic carbocycles. The minimum absolute atomic E-state index is 0.192. The van der Waals surface area contributed by atoms with Crippen molar-refractivity contribution in [3.63, 3.8) is 0 Å². The van der Waals surface area contributed by atoms with Crippen LogP contribution in [0.2, 0.25) is 0 Å². The van der Waals surface area contributed by atoms with Gasteiger partial charge in [-0.25, -0.2) is 4.98 Å². The lowest BCUT2D eigenvalue weighted by atomic mass is 10.4. The zero-order valence-electron chi connectivity index (χ0n) is 10.5. The Hall–Kier alpha value is -1.34. The van der Waals surface area contributed by atoms with Crippen LogP contribution in [-0.2, 0) is 25.9 Å². The molecule has 19 heavy (non-hydrogen) atoms. The number of alkyl halides is 2. The van der Waals surface area contributed by atoms with E-state index < -0.39 is 5.76 Å². The molecule has 0 amide bonds. The molecule has 0 saturated heterocycles. The predicted octanol–water partition coefficient (Wildman–Crippen LogP) is 2.76. The van der Waals surface area contributed by atoms with Gasteiger partial charge in [0.2, 0.25) is 0 Å². The van der Waals surface area contributed by atoms with Gasteiger partial charge in [0, 0.05) is 19.4 Å². The lowest BCUT2D eigenvalue weighted by molar-refractivity contribution is 0.251. The van der Waals surface area contributed by atoms with Gasteiger partial charge in [-0.3, -0.25) is 0 Å². The molecular weight excluding hydrogens is 272 g/mol. The van der Waals surface area contributed by atoms with Gasteiger partial charge in [-0.15, -0.1) is 0 Å². The quantitative estimate of drug-likeness (QED) is 0.850. The molecule has 0 fully saturated rings. The summed E-state index contributed by atoms with van der Waals surface area (Å²) in [6.07, 6.45) is 3.62. The second-order valence-electron chi connectivity index (χ2n) is 4.00. The number of halogens is 2. The van der Waals surface area contributed by atoms with Gasteiger partial charge in [-0.2, -0.15) is 8.78 Å². The molecule has 104 valence electrons. The highest BCUT2D eigenvalue weighted by atomic mass is 32.2. The summed E-state index contributed by atoms with van der Waals surface area (Å²) in [5.41, 5.74) is 0. The Kier molecular flexibility index (Phi) is 4.98. The zero-order chi connectivity index (χ0) is 13.7. The normalized spacial score (nSPS) is 11.4. The Balaban J connectivity index is 1.76. The molecule has 0 aliphatic heterocycles. The first-order valence-corrected chi connectivity index (χ1v) is 6.84. The lowest BCUT2D eigenvalue weighted by Crippen LogP contribution is -2.15. The summed E-state index contributed by atoms with van der Waals surface area (Å²) in [4.78, 5) is 4.18. The summed E-state index contributed by atoms with van der Waals surface area (Å²) in [5.74, 6) is 0.0603. The van der Waals surface area contributed by atoms with Crippen molar-refractivity contribution < 1.29 is 13.2 Å². The molecule has 0 saturated carbocycles. The maximum atomic E-state index is 12.0. The number of rotatable bonds is 7. The van der Waals surface area contributed by atoms with E-state index in [0.717, 1.165) is 11.6 Å². The van der Waals surface area contributed by atoms with Crippen molar-refractivity contribution in [3.8, 4) is 0 Å². The van der Waals surface area contributed by atoms with Gasteiger partial charge in [0.25, 0.3) is 5.76 Å². The standard InChI is InChI=1S/C12H15F2N3OS/c1-17-5-4-16-11(17)7-15-6-9-2-3-10(18-9)8-19-12(13)14/h2-5,12,15H,6-8H2,1H3. The smallest absolute Gasteiger partial charge is 0.284 e. The third-order valence-electron chi connectivity index (χ3n) is 2.57. The topological polar surface area (TPSA) is 43.0 Å². The number of furan rings is 1. The van der Waals surface area contributed by atoms with Crippen molar-refractivity contribution in [1.29, 1.82) is 0 Å². The number of aromatic nitrogens is 2. The highest BCUT2D eigenvalue weighted by Gasteiger charge is 2.07. The van der Waals surface area contributed by atoms with Crippen molar-refractivity contribution in [2.45, 2.75) is 24.6 Å². The summed E-state index contributed by atoms with van der Waals surface area (Å²) in [7, 11) is 1.93. The summed E-state index contributed by atoms with van der Waals surface area (Å²) in [6.45, 7) is 1.18. The van der Waals surface area contributed by atoms with Crippen LogP contribution in [0.3, 0.4) is 0 Å². The second-order valence-corrected chi connectivity index (χ2v) is 4.98. The van der Waals surface area contributed by atoms with Crippen LogP contribution in [-0.4, -0.2) is 15.3 Å². The number of aryl methyl sites for hydroxylation is 1. The molecule has 0 unspecified atom stereocenters. The van der Waals surface area contributed by atoms with Crippen molar-refractivity contribution in [1.82, 2.24) is 14.9 Å². The van der Waals surface area contributed by atoms with Gasteiger partial charge in [-0.05, 0) is 12.1 Å². The molecule has 0 spiro atoms. The molecule has 4 nitrogen and oxygen atoms in total. The summed E-state index contributed by atoms with van der Waals surface area (Å²) in [6, 6.07) is 3.53. The Morgan fingerprint density at radius 3 is 2.84 bits per heavy atom. The minimum Gasteiger partial charge on any atom is -0.464 e. The van der Waals surface area contributed by atoms with Gasteiger partial charge in [0.05, 0.1) is 18.8 Å². The van der Waals surface area contributed by atoms with E-state index in [0.29, 0.717) is 30.6 Å². The molecule has 2 aromatic rings. The second kappa shape index (κ2) is 6.72. The first kappa shape index (κ1) is 14.1. The van der Waals surface area contributed by atoms with Crippen molar-refractivity contribution in [2.24, 2.45) is 7.05 Å². The van der Waals surface area contributed by atoms with E-state index in [2.05, 4.69) is 10.3 Å². The van der Waals surface area contributed by atoms with Crippen LogP contribution < -0.4 is 5.32 Å². The van der Waals surface area contributed by atoms with E-state index >= 15 is 0 Å². The van der Waals surface area contributed by atoms with Gasteiger partial charge >= 0.3 is 0 Å². The Bertz CT molecular complexity index is 513. The highest BCUT2D eigenvalue weighted by molar-refractivity contribution is 7.98. The Morgan fingerprint density at radius 2 is 2.16 bits per heavy atom. The molecule has 0 radical (unpaired) electrons. The predicted molar refractivity (Wildman–Crippen MR) is 69.8 cm³/mol. The van der Waals surface area contributed by atoms with E-state index in [1.165, 1.54) is 0 Å². The van der Waals surface area contributed by atoms with Crippen LogP contribution in [0.25, 0.3) is 0 Å². The van der Waals surface area contributed by atoms with Crippen LogP contribution in [0.1, 0.15) is 17.3 Å². The van der Waals surface area contributed by atoms with E-state index in [9.17, 15) is 8.78 Å². The first-order chi connectivity index (χ1) is 9.15. The van der Waals surface area contributed by atoms with Crippen LogP contribution in [0.5, 0.6) is 0 Å². The SMILES string of the molecule is Cn1ccnc1CNCc1ccc(CSC(F)F)o1. The van der Waals surface area contributed by atoms with E-state index in [4.69, 9.17) is 4.42 Å². The van der Waals surface area contributed by atoms with Gasteiger partial charge < -0.3 is 14.3 Å². The van der Waals surface area contributed by atoms with Crippen molar-refractivity contribution in [3.05, 3.63) is 41.9 Å². The zero-order valence-corrected chi connectivity index (χ0v) is 11.3. The van der Waals surface area contributed by atoms with Gasteiger partial charge in [0.1, 0.15) is 17.3 Å². The third kappa shape index (κ3) is 4.36. The highest BCUT2D eigenvalue weighted by Crippen LogP contribution is 2.21. The minimum atomic E-state index is -2.37. The van der Waals surface area contributed by atoms with Crippen LogP contribution in [0.15, 0.2) is 28.9 Å². The van der Waals surface area contributed by atoms with Crippen molar-refractivity contribution in [2.75, 3.05) is 0 Å². The van der Waals surface area contributed by atoms with Gasteiger partial charge in [-0.1, -0.05) is 11.8 Å². The Morgan fingerprint density at radius 1 is 1.37 bits per heavy atom. The molecule has 2 heterocycles. The molecule has 0 aromatic carbocycles. The van der Waals surface area contributed by atoms with Crippen LogP contribution in [0.4, 0.5) is 8.78 Å². The summed E-state index contributed by atoms with van der Waals surface area (Å²) < 4.78 is 31.4. The number of thioether (sulfide) groups is 1. The van der Waals surface area contributed by atoms with Crippen molar-refractivity contribution >= 4 is 11.8 Å². The fourth-order valence-corrected chi connectivity index (χ4v) is 2.05. The molecule has 7 heteroatoms. The average molecular weight is 287 g/mol. The molecule has 1 N–H and O–H groups in total.